The van der Waals surface area contributed by atoms with Crippen molar-refractivity contribution >= 4 is 15.8 Å². The molecule has 0 aliphatic rings. The predicted molar refractivity (Wildman–Crippen MR) is 66.8 cm³/mol. The highest BCUT2D eigenvalue weighted by Crippen LogP contribution is 2.12. The normalized spacial score (nSPS) is 11.2. The number of nitrogens with one attached hydrogen (secondary N) is 2. The number of hydrogen-bond donors (Lipinski definition) is 2. The minimum Gasteiger partial charge on any atom is -0.328 e. The largest absolute Gasteiger partial charge is 0.328 e. The van der Waals surface area contributed by atoms with E-state index < -0.39 is 10.0 Å². The molecule has 2 heterocycles. The van der Waals surface area contributed by atoms with Crippen LogP contribution in [0.3, 0.4) is 0 Å². The third-order valence-electron chi connectivity index (χ3n) is 2.22. The van der Waals surface area contributed by atoms with E-state index in [1.807, 2.05) is 6.92 Å². The molecule has 2 aromatic heterocycles. The molecule has 0 saturated heterocycles. The molecular weight excluding hydrogens is 254 g/mol. The number of anilines is 1. The quantitative estimate of drug-likeness (QED) is 0.861. The predicted octanol–water partition coefficient (Wildman–Crippen LogP) is 0.879. The van der Waals surface area contributed by atoms with Crippen molar-refractivity contribution in [2.24, 2.45) is 0 Å². The van der Waals surface area contributed by atoms with Crippen molar-refractivity contribution < 1.29 is 8.42 Å². The molecule has 2 N–H and O–H groups in total. The number of H-pyrrole nitrogens is 1. The number of aryl methyl sites for hydroxylation is 1. The Kier molecular flexibility index (Phi) is 3.15. The third-order valence-corrected chi connectivity index (χ3v) is 3.57. The molecule has 0 amide bonds. The van der Waals surface area contributed by atoms with Gasteiger partial charge in [0.1, 0.15) is 10.7 Å². The molecule has 94 valence electrons. The van der Waals surface area contributed by atoms with Gasteiger partial charge in [0, 0.05) is 18.5 Å². The molecule has 0 aliphatic heterocycles. The number of aromatic nitrogens is 2. The van der Waals surface area contributed by atoms with Crippen LogP contribution in [0.15, 0.2) is 46.3 Å². The van der Waals surface area contributed by atoms with Gasteiger partial charge in [0.05, 0.1) is 0 Å². The van der Waals surface area contributed by atoms with Crippen molar-refractivity contribution in [3.8, 4) is 0 Å². The van der Waals surface area contributed by atoms with Crippen LogP contribution >= 0.6 is 0 Å². The van der Waals surface area contributed by atoms with Crippen LogP contribution in [0, 0.1) is 6.92 Å². The lowest BCUT2D eigenvalue weighted by Crippen LogP contribution is -2.15. The van der Waals surface area contributed by atoms with E-state index in [4.69, 9.17) is 0 Å². The fraction of sp³-hybridized carbons (Fsp3) is 0.0909. The van der Waals surface area contributed by atoms with Crippen LogP contribution in [0.4, 0.5) is 5.82 Å². The topological polar surface area (TPSA) is 91.9 Å². The average Bonchev–Trinajstić information content (AvgIpc) is 2.32. The Labute approximate surface area is 104 Å². The molecule has 0 aromatic carbocycles. The number of aromatic amines is 1. The second-order valence-electron chi connectivity index (χ2n) is 3.71. The Morgan fingerprint density at radius 2 is 2.00 bits per heavy atom. The van der Waals surface area contributed by atoms with Gasteiger partial charge in [-0.3, -0.25) is 9.52 Å². The summed E-state index contributed by atoms with van der Waals surface area (Å²) < 4.78 is 26.2. The van der Waals surface area contributed by atoms with E-state index in [-0.39, 0.29) is 16.3 Å². The smallest absolute Gasteiger partial charge is 0.264 e. The highest BCUT2D eigenvalue weighted by atomic mass is 32.2. The Morgan fingerprint density at radius 1 is 1.22 bits per heavy atom. The maximum Gasteiger partial charge on any atom is 0.264 e. The average molecular weight is 265 g/mol. The molecule has 18 heavy (non-hydrogen) atoms. The molecular formula is C11H11N3O3S. The molecule has 2 rings (SSSR count). The summed E-state index contributed by atoms with van der Waals surface area (Å²) in [7, 11) is -3.73. The molecule has 0 aliphatic carbocycles. The lowest BCUT2D eigenvalue weighted by Gasteiger charge is -2.06. The number of nitrogens with zero attached hydrogens (tertiary/aromatic N) is 1. The summed E-state index contributed by atoms with van der Waals surface area (Å²) in [6, 6.07) is 5.70. The highest BCUT2D eigenvalue weighted by Gasteiger charge is 2.14. The maximum absolute atomic E-state index is 11.9. The molecule has 7 heteroatoms. The summed E-state index contributed by atoms with van der Waals surface area (Å²) in [5.41, 5.74) is 0.574. The van der Waals surface area contributed by atoms with Gasteiger partial charge < -0.3 is 4.98 Å². The van der Waals surface area contributed by atoms with Crippen molar-refractivity contribution in [2.75, 3.05) is 4.72 Å². The Hall–Kier alpha value is -2.15. The number of pyridine rings is 2. The number of hydrogen-bond acceptors (Lipinski definition) is 4. The summed E-state index contributed by atoms with van der Waals surface area (Å²) in [5, 5.41) is 0. The molecule has 0 bridgehead atoms. The van der Waals surface area contributed by atoms with Crippen molar-refractivity contribution in [3.05, 3.63) is 52.6 Å². The van der Waals surface area contributed by atoms with Crippen LogP contribution in [0.2, 0.25) is 0 Å². The Balaban J connectivity index is 2.29. The van der Waals surface area contributed by atoms with E-state index in [1.165, 1.54) is 6.07 Å². The molecule has 0 fully saturated rings. The van der Waals surface area contributed by atoms with Gasteiger partial charge in [0.2, 0.25) is 5.56 Å². The first-order chi connectivity index (χ1) is 8.47. The SMILES string of the molecule is Cc1ccc(NS(=O)(=O)c2ccc(=O)[nH]c2)nc1. The molecule has 2 aromatic rings. The third kappa shape index (κ3) is 2.75. The van der Waals surface area contributed by atoms with Crippen LogP contribution in [0.1, 0.15) is 5.56 Å². The lowest BCUT2D eigenvalue weighted by molar-refractivity contribution is 0.600. The first-order valence-corrected chi connectivity index (χ1v) is 6.60. The maximum atomic E-state index is 11.9. The van der Waals surface area contributed by atoms with Crippen LogP contribution in [0.5, 0.6) is 0 Å². The van der Waals surface area contributed by atoms with E-state index in [0.29, 0.717) is 0 Å². The van der Waals surface area contributed by atoms with E-state index in [2.05, 4.69) is 14.7 Å². The summed E-state index contributed by atoms with van der Waals surface area (Å²) in [6.45, 7) is 1.85. The van der Waals surface area contributed by atoms with Crippen molar-refractivity contribution in [3.63, 3.8) is 0 Å². The Bertz CT molecular complexity index is 685. The zero-order valence-electron chi connectivity index (χ0n) is 9.54. The lowest BCUT2D eigenvalue weighted by atomic mass is 10.3. The molecule has 0 unspecified atom stereocenters. The second kappa shape index (κ2) is 4.61. The standard InChI is InChI=1S/C11H11N3O3S/c1-8-2-4-10(12-6-8)14-18(16,17)9-3-5-11(15)13-7-9/h2-7H,1H3,(H,12,14)(H,13,15). The zero-order valence-corrected chi connectivity index (χ0v) is 10.4. The minimum absolute atomic E-state index is 0.0236. The molecule has 0 atom stereocenters. The summed E-state index contributed by atoms with van der Waals surface area (Å²) in [5.74, 6) is 0.229. The van der Waals surface area contributed by atoms with Crippen LogP contribution in [0.25, 0.3) is 0 Å². The summed E-state index contributed by atoms with van der Waals surface area (Å²) in [4.78, 5) is 17.1. The van der Waals surface area contributed by atoms with Gasteiger partial charge in [-0.25, -0.2) is 13.4 Å². The van der Waals surface area contributed by atoms with Crippen molar-refractivity contribution in [1.29, 1.82) is 0 Å². The van der Waals surface area contributed by atoms with E-state index in [1.54, 1.807) is 18.3 Å². The molecule has 0 saturated carbocycles. The molecule has 0 radical (unpaired) electrons. The van der Waals surface area contributed by atoms with Crippen LogP contribution in [-0.2, 0) is 10.0 Å². The van der Waals surface area contributed by atoms with Gasteiger partial charge in [-0.1, -0.05) is 6.07 Å². The van der Waals surface area contributed by atoms with Crippen LogP contribution < -0.4 is 10.3 Å². The van der Waals surface area contributed by atoms with Gasteiger partial charge in [-0.15, -0.1) is 0 Å². The fourth-order valence-corrected chi connectivity index (χ4v) is 2.26. The van der Waals surface area contributed by atoms with Gasteiger partial charge >= 0.3 is 0 Å². The van der Waals surface area contributed by atoms with Gasteiger partial charge in [-0.05, 0) is 24.6 Å². The van der Waals surface area contributed by atoms with E-state index >= 15 is 0 Å². The first-order valence-electron chi connectivity index (χ1n) is 5.11. The van der Waals surface area contributed by atoms with Crippen molar-refractivity contribution in [2.45, 2.75) is 11.8 Å². The van der Waals surface area contributed by atoms with Crippen molar-refractivity contribution in [1.82, 2.24) is 9.97 Å². The number of rotatable bonds is 3. The van der Waals surface area contributed by atoms with E-state index in [9.17, 15) is 13.2 Å². The number of sulfonamides is 1. The Morgan fingerprint density at radius 3 is 2.56 bits per heavy atom. The monoisotopic (exact) mass is 265 g/mol. The van der Waals surface area contributed by atoms with Gasteiger partial charge in [0.15, 0.2) is 0 Å². The minimum atomic E-state index is -3.73. The van der Waals surface area contributed by atoms with Gasteiger partial charge in [-0.2, -0.15) is 0 Å². The molecule has 6 nitrogen and oxygen atoms in total. The molecule has 0 spiro atoms. The summed E-state index contributed by atoms with van der Waals surface area (Å²) >= 11 is 0. The second-order valence-corrected chi connectivity index (χ2v) is 5.40. The summed E-state index contributed by atoms with van der Waals surface area (Å²) in [6.07, 6.45) is 2.70. The first kappa shape index (κ1) is 12.3. The highest BCUT2D eigenvalue weighted by molar-refractivity contribution is 7.92. The zero-order chi connectivity index (χ0) is 13.2. The van der Waals surface area contributed by atoms with Crippen LogP contribution in [-0.4, -0.2) is 18.4 Å². The van der Waals surface area contributed by atoms with E-state index in [0.717, 1.165) is 17.8 Å². The van der Waals surface area contributed by atoms with Gasteiger partial charge in [0.25, 0.3) is 10.0 Å². The fourth-order valence-electron chi connectivity index (χ4n) is 1.29.